The third-order valence-electron chi connectivity index (χ3n) is 3.90. The Labute approximate surface area is 105 Å². The molecule has 1 fully saturated rings. The van der Waals surface area contributed by atoms with E-state index in [2.05, 4.69) is 6.92 Å². The maximum Gasteiger partial charge on any atom is 0.222 e. The molecule has 2 unspecified atom stereocenters. The fourth-order valence-electron chi connectivity index (χ4n) is 2.18. The van der Waals surface area contributed by atoms with Gasteiger partial charge in [0.05, 0.1) is 6.10 Å². The first-order valence-electron chi connectivity index (χ1n) is 6.80. The molecule has 1 N–H and O–H groups in total. The number of rotatable bonds is 3. The lowest BCUT2D eigenvalue weighted by Gasteiger charge is -2.31. The quantitative estimate of drug-likeness (QED) is 0.824. The summed E-state index contributed by atoms with van der Waals surface area (Å²) in [5.74, 6) is 0.889. The van der Waals surface area contributed by atoms with Crippen molar-refractivity contribution < 1.29 is 9.90 Å². The number of hydrogen-bond donors (Lipinski definition) is 1. The van der Waals surface area contributed by atoms with Gasteiger partial charge in [-0.05, 0) is 24.2 Å². The van der Waals surface area contributed by atoms with Gasteiger partial charge in [0.15, 0.2) is 0 Å². The molecule has 0 aromatic carbocycles. The minimum absolute atomic E-state index is 0.156. The van der Waals surface area contributed by atoms with Gasteiger partial charge in [-0.15, -0.1) is 0 Å². The van der Waals surface area contributed by atoms with E-state index in [0.29, 0.717) is 18.9 Å². The second-order valence-corrected chi connectivity index (χ2v) is 6.32. The van der Waals surface area contributed by atoms with Gasteiger partial charge in [-0.25, -0.2) is 0 Å². The molecule has 1 aliphatic rings. The van der Waals surface area contributed by atoms with E-state index in [1.54, 1.807) is 0 Å². The molecule has 0 bridgehead atoms. The number of aliphatic hydroxyl groups is 1. The SMILES string of the molecule is CCC1CCC(=O)N(CC(O)C(C)(C)C)CC1. The molecule has 100 valence electrons. The van der Waals surface area contributed by atoms with Crippen LogP contribution in [-0.4, -0.2) is 35.1 Å². The average molecular weight is 241 g/mol. The number of aliphatic hydroxyl groups excluding tert-OH is 1. The molecule has 17 heavy (non-hydrogen) atoms. The fourth-order valence-corrected chi connectivity index (χ4v) is 2.18. The van der Waals surface area contributed by atoms with Crippen LogP contribution in [0.2, 0.25) is 0 Å². The summed E-state index contributed by atoms with van der Waals surface area (Å²) in [4.78, 5) is 13.8. The van der Waals surface area contributed by atoms with Crippen molar-refractivity contribution in [1.82, 2.24) is 4.90 Å². The summed E-state index contributed by atoms with van der Waals surface area (Å²) >= 11 is 0. The van der Waals surface area contributed by atoms with Crippen LogP contribution in [0, 0.1) is 11.3 Å². The van der Waals surface area contributed by atoms with Crippen LogP contribution < -0.4 is 0 Å². The van der Waals surface area contributed by atoms with Crippen molar-refractivity contribution in [3.8, 4) is 0 Å². The van der Waals surface area contributed by atoms with Crippen molar-refractivity contribution in [2.24, 2.45) is 11.3 Å². The summed E-state index contributed by atoms with van der Waals surface area (Å²) in [6.07, 6.45) is 3.46. The Hall–Kier alpha value is -0.570. The summed E-state index contributed by atoms with van der Waals surface area (Å²) in [5.41, 5.74) is -0.156. The van der Waals surface area contributed by atoms with Gasteiger partial charge in [0.2, 0.25) is 5.91 Å². The van der Waals surface area contributed by atoms with Gasteiger partial charge in [0, 0.05) is 19.5 Å². The smallest absolute Gasteiger partial charge is 0.222 e. The number of nitrogens with zero attached hydrogens (tertiary/aromatic N) is 1. The second-order valence-electron chi connectivity index (χ2n) is 6.32. The number of carbonyl (C=O) groups excluding carboxylic acids is 1. The molecule has 1 saturated heterocycles. The van der Waals surface area contributed by atoms with Crippen LogP contribution in [0.15, 0.2) is 0 Å². The third-order valence-corrected chi connectivity index (χ3v) is 3.90. The van der Waals surface area contributed by atoms with Gasteiger partial charge in [0.1, 0.15) is 0 Å². The standard InChI is InChI=1S/C14H27NO2/c1-5-11-6-7-13(17)15(9-8-11)10-12(16)14(2,3)4/h11-12,16H,5-10H2,1-4H3. The van der Waals surface area contributed by atoms with E-state index < -0.39 is 6.10 Å². The molecule has 1 aliphatic heterocycles. The van der Waals surface area contributed by atoms with Crippen LogP contribution in [0.25, 0.3) is 0 Å². The molecule has 1 rings (SSSR count). The Bertz CT molecular complexity index is 257. The van der Waals surface area contributed by atoms with Crippen molar-refractivity contribution in [3.63, 3.8) is 0 Å². The van der Waals surface area contributed by atoms with Gasteiger partial charge in [0.25, 0.3) is 0 Å². The lowest BCUT2D eigenvalue weighted by molar-refractivity contribution is -0.133. The summed E-state index contributed by atoms with van der Waals surface area (Å²) in [6.45, 7) is 9.51. The molecular weight excluding hydrogens is 214 g/mol. The maximum atomic E-state index is 12.0. The van der Waals surface area contributed by atoms with Crippen molar-refractivity contribution in [1.29, 1.82) is 0 Å². The molecule has 3 heteroatoms. The van der Waals surface area contributed by atoms with Crippen molar-refractivity contribution in [2.45, 2.75) is 59.5 Å². The third kappa shape index (κ3) is 4.30. The van der Waals surface area contributed by atoms with Crippen LogP contribution >= 0.6 is 0 Å². The van der Waals surface area contributed by atoms with E-state index in [-0.39, 0.29) is 11.3 Å². The van der Waals surface area contributed by atoms with Crippen LogP contribution in [0.1, 0.15) is 53.4 Å². The topological polar surface area (TPSA) is 40.5 Å². The van der Waals surface area contributed by atoms with Crippen LogP contribution in [0.5, 0.6) is 0 Å². The summed E-state index contributed by atoms with van der Waals surface area (Å²) in [7, 11) is 0. The normalized spacial score (nSPS) is 24.6. The minimum Gasteiger partial charge on any atom is -0.391 e. The van der Waals surface area contributed by atoms with E-state index >= 15 is 0 Å². The number of amides is 1. The fraction of sp³-hybridized carbons (Fsp3) is 0.929. The highest BCUT2D eigenvalue weighted by atomic mass is 16.3. The Kier molecular flexibility index (Phi) is 4.99. The summed E-state index contributed by atoms with van der Waals surface area (Å²) in [6, 6.07) is 0. The highest BCUT2D eigenvalue weighted by molar-refractivity contribution is 5.76. The Balaban J connectivity index is 2.55. The predicted octanol–water partition coefficient (Wildman–Crippen LogP) is 2.43. The first-order chi connectivity index (χ1) is 7.84. The largest absolute Gasteiger partial charge is 0.391 e. The summed E-state index contributed by atoms with van der Waals surface area (Å²) < 4.78 is 0. The number of β-amino-alcohol motifs (C(OH)–C–C–N with tert-alkyl or cyclic N) is 1. The minimum atomic E-state index is -0.440. The first kappa shape index (κ1) is 14.5. The zero-order chi connectivity index (χ0) is 13.1. The highest BCUT2D eigenvalue weighted by Gasteiger charge is 2.28. The van der Waals surface area contributed by atoms with Gasteiger partial charge in [-0.2, -0.15) is 0 Å². The molecule has 2 atom stereocenters. The van der Waals surface area contributed by atoms with Gasteiger partial charge in [-0.1, -0.05) is 34.1 Å². The molecule has 0 saturated carbocycles. The van der Waals surface area contributed by atoms with E-state index in [9.17, 15) is 9.90 Å². The van der Waals surface area contributed by atoms with Gasteiger partial charge >= 0.3 is 0 Å². The van der Waals surface area contributed by atoms with E-state index in [4.69, 9.17) is 0 Å². The molecule has 0 aromatic heterocycles. The van der Waals surface area contributed by atoms with Gasteiger partial charge in [-0.3, -0.25) is 4.79 Å². The Morgan fingerprint density at radius 1 is 1.41 bits per heavy atom. The second kappa shape index (κ2) is 5.85. The molecule has 0 radical (unpaired) electrons. The molecule has 0 spiro atoms. The average Bonchev–Trinajstić information content (AvgIpc) is 2.41. The zero-order valence-corrected chi connectivity index (χ0v) is 11.7. The monoisotopic (exact) mass is 241 g/mol. The van der Waals surface area contributed by atoms with Gasteiger partial charge < -0.3 is 10.0 Å². The first-order valence-corrected chi connectivity index (χ1v) is 6.80. The lowest BCUT2D eigenvalue weighted by Crippen LogP contribution is -2.42. The maximum absolute atomic E-state index is 12.0. The Morgan fingerprint density at radius 3 is 2.59 bits per heavy atom. The molecule has 0 aromatic rings. The van der Waals surface area contributed by atoms with Crippen molar-refractivity contribution in [2.75, 3.05) is 13.1 Å². The Morgan fingerprint density at radius 2 is 2.06 bits per heavy atom. The number of hydrogen-bond acceptors (Lipinski definition) is 2. The van der Waals surface area contributed by atoms with E-state index in [1.807, 2.05) is 25.7 Å². The number of carbonyl (C=O) groups is 1. The molecule has 1 amide bonds. The molecular formula is C14H27NO2. The van der Waals surface area contributed by atoms with E-state index in [1.165, 1.54) is 0 Å². The molecule has 3 nitrogen and oxygen atoms in total. The predicted molar refractivity (Wildman–Crippen MR) is 69.7 cm³/mol. The van der Waals surface area contributed by atoms with Crippen molar-refractivity contribution in [3.05, 3.63) is 0 Å². The van der Waals surface area contributed by atoms with Crippen molar-refractivity contribution >= 4 is 5.91 Å². The molecule has 1 heterocycles. The lowest BCUT2D eigenvalue weighted by atomic mass is 9.89. The van der Waals surface area contributed by atoms with Crippen LogP contribution in [-0.2, 0) is 4.79 Å². The highest BCUT2D eigenvalue weighted by Crippen LogP contribution is 2.24. The van der Waals surface area contributed by atoms with Crippen LogP contribution in [0.4, 0.5) is 0 Å². The van der Waals surface area contributed by atoms with Crippen LogP contribution in [0.3, 0.4) is 0 Å². The zero-order valence-electron chi connectivity index (χ0n) is 11.7. The molecule has 0 aliphatic carbocycles. The number of likely N-dealkylation sites (tertiary alicyclic amines) is 1. The summed E-state index contributed by atoms with van der Waals surface area (Å²) in [5, 5.41) is 10.1. The van der Waals surface area contributed by atoms with E-state index in [0.717, 1.165) is 25.8 Å².